The quantitative estimate of drug-likeness (QED) is 0.741. The van der Waals surface area contributed by atoms with Crippen molar-refractivity contribution in [3.63, 3.8) is 0 Å². The molecule has 0 aliphatic heterocycles. The number of rotatable bonds is 4. The highest BCUT2D eigenvalue weighted by molar-refractivity contribution is 9.11. The molecule has 2 N–H and O–H groups in total. The van der Waals surface area contributed by atoms with Gasteiger partial charge in [0.1, 0.15) is 5.82 Å². The van der Waals surface area contributed by atoms with Crippen molar-refractivity contribution in [1.82, 2.24) is 9.55 Å². The summed E-state index contributed by atoms with van der Waals surface area (Å²) < 4.78 is 3.41. The van der Waals surface area contributed by atoms with Gasteiger partial charge < -0.3 is 10.3 Å². The molecular formula is C16H18BrN3S. The van der Waals surface area contributed by atoms with Gasteiger partial charge in [0.25, 0.3) is 0 Å². The number of fused-ring (bicyclic) bond motifs is 1. The molecule has 2 aromatic heterocycles. The van der Waals surface area contributed by atoms with Crippen LogP contribution in [0.1, 0.15) is 30.1 Å². The number of halogens is 1. The zero-order valence-electron chi connectivity index (χ0n) is 12.1. The second-order valence-electron chi connectivity index (χ2n) is 5.18. The molecule has 0 fully saturated rings. The predicted octanol–water partition coefficient (Wildman–Crippen LogP) is 4.50. The van der Waals surface area contributed by atoms with Gasteiger partial charge in [-0.05, 0) is 53.5 Å². The summed E-state index contributed by atoms with van der Waals surface area (Å²) in [7, 11) is 0. The maximum atomic E-state index is 6.45. The normalized spacial score (nSPS) is 14.5. The van der Waals surface area contributed by atoms with Gasteiger partial charge in [-0.15, -0.1) is 11.3 Å². The molecule has 0 aliphatic carbocycles. The van der Waals surface area contributed by atoms with Crippen molar-refractivity contribution in [3.8, 4) is 0 Å². The topological polar surface area (TPSA) is 43.8 Å². The molecule has 0 radical (unpaired) electrons. The molecule has 0 saturated heterocycles. The Morgan fingerprint density at radius 1 is 1.29 bits per heavy atom. The van der Waals surface area contributed by atoms with E-state index in [4.69, 9.17) is 5.73 Å². The average Bonchev–Trinajstić information content (AvgIpc) is 3.04. The van der Waals surface area contributed by atoms with Gasteiger partial charge in [-0.25, -0.2) is 4.98 Å². The Kier molecular flexibility index (Phi) is 4.15. The molecule has 21 heavy (non-hydrogen) atoms. The average molecular weight is 364 g/mol. The molecule has 110 valence electrons. The van der Waals surface area contributed by atoms with Crippen molar-refractivity contribution in [3.05, 3.63) is 50.9 Å². The second kappa shape index (κ2) is 5.91. The number of nitrogens with two attached hydrogens (primary N) is 1. The van der Waals surface area contributed by atoms with Gasteiger partial charge in [-0.1, -0.05) is 19.1 Å². The summed E-state index contributed by atoms with van der Waals surface area (Å²) in [5, 5.41) is 0. The molecule has 2 atom stereocenters. The second-order valence-corrected chi connectivity index (χ2v) is 7.67. The fourth-order valence-corrected chi connectivity index (χ4v) is 4.35. The lowest BCUT2D eigenvalue weighted by Gasteiger charge is -2.25. The lowest BCUT2D eigenvalue weighted by atomic mass is 10.0. The molecule has 0 spiro atoms. The zero-order valence-corrected chi connectivity index (χ0v) is 14.5. The van der Waals surface area contributed by atoms with Crippen LogP contribution in [0.25, 0.3) is 11.0 Å². The molecule has 0 bridgehead atoms. The Morgan fingerprint density at radius 2 is 2.05 bits per heavy atom. The molecule has 5 heteroatoms. The standard InChI is InChI=1S/C16H18BrN3S/c1-3-11(18)16(14-8-9-15(17)21-14)20-10(2)19-12-6-4-5-7-13(12)20/h4-9,11,16H,3,18H2,1-2H3. The summed E-state index contributed by atoms with van der Waals surface area (Å²) in [4.78, 5) is 5.95. The van der Waals surface area contributed by atoms with Crippen LogP contribution in [-0.2, 0) is 0 Å². The number of aromatic nitrogens is 2. The predicted molar refractivity (Wildman–Crippen MR) is 92.9 cm³/mol. The lowest BCUT2D eigenvalue weighted by molar-refractivity contribution is 0.466. The van der Waals surface area contributed by atoms with Crippen LogP contribution in [0.15, 0.2) is 40.2 Å². The third-order valence-corrected chi connectivity index (χ3v) is 5.51. The number of hydrogen-bond acceptors (Lipinski definition) is 3. The summed E-state index contributed by atoms with van der Waals surface area (Å²) in [6.07, 6.45) is 0.923. The van der Waals surface area contributed by atoms with E-state index in [1.165, 1.54) is 4.88 Å². The van der Waals surface area contributed by atoms with Crippen LogP contribution in [0, 0.1) is 6.92 Å². The van der Waals surface area contributed by atoms with Crippen molar-refractivity contribution >= 4 is 38.3 Å². The number of para-hydroxylation sites is 2. The van der Waals surface area contributed by atoms with Gasteiger partial charge in [0, 0.05) is 10.9 Å². The van der Waals surface area contributed by atoms with Crippen molar-refractivity contribution in [2.75, 3.05) is 0 Å². The Morgan fingerprint density at radius 3 is 2.71 bits per heavy atom. The molecule has 2 heterocycles. The minimum absolute atomic E-state index is 0.0619. The van der Waals surface area contributed by atoms with Gasteiger partial charge in [0.15, 0.2) is 0 Å². The van der Waals surface area contributed by atoms with Crippen LogP contribution in [0.3, 0.4) is 0 Å². The van der Waals surface area contributed by atoms with E-state index in [1.54, 1.807) is 11.3 Å². The number of thiophene rings is 1. The van der Waals surface area contributed by atoms with Crippen LogP contribution >= 0.6 is 27.3 Å². The minimum Gasteiger partial charge on any atom is -0.326 e. The highest BCUT2D eigenvalue weighted by Gasteiger charge is 2.25. The summed E-state index contributed by atoms with van der Waals surface area (Å²) in [6.45, 7) is 4.19. The largest absolute Gasteiger partial charge is 0.326 e. The minimum atomic E-state index is 0.0619. The number of hydrogen-bond donors (Lipinski definition) is 1. The molecule has 3 aromatic rings. The van der Waals surface area contributed by atoms with E-state index >= 15 is 0 Å². The monoisotopic (exact) mass is 363 g/mol. The van der Waals surface area contributed by atoms with E-state index in [0.29, 0.717) is 0 Å². The Labute approximate surface area is 136 Å². The summed E-state index contributed by atoms with van der Waals surface area (Å²) in [5.74, 6) is 1.01. The van der Waals surface area contributed by atoms with Crippen molar-refractivity contribution < 1.29 is 0 Å². The molecular weight excluding hydrogens is 346 g/mol. The van der Waals surface area contributed by atoms with Crippen molar-refractivity contribution in [2.24, 2.45) is 5.73 Å². The fraction of sp³-hybridized carbons (Fsp3) is 0.312. The SMILES string of the molecule is CCC(N)C(c1ccc(Br)s1)n1c(C)nc2ccccc21. The molecule has 3 nitrogen and oxygen atoms in total. The zero-order chi connectivity index (χ0) is 15.0. The van der Waals surface area contributed by atoms with Crippen LogP contribution in [0.5, 0.6) is 0 Å². The van der Waals surface area contributed by atoms with Crippen molar-refractivity contribution in [1.29, 1.82) is 0 Å². The van der Waals surface area contributed by atoms with Gasteiger partial charge in [0.05, 0.1) is 20.9 Å². The Hall–Kier alpha value is -1.17. The van der Waals surface area contributed by atoms with E-state index in [1.807, 2.05) is 6.07 Å². The molecule has 0 saturated carbocycles. The maximum Gasteiger partial charge on any atom is 0.107 e. The van der Waals surface area contributed by atoms with E-state index < -0.39 is 0 Å². The van der Waals surface area contributed by atoms with E-state index in [9.17, 15) is 0 Å². The first kappa shape index (κ1) is 14.8. The first-order chi connectivity index (χ1) is 10.1. The van der Waals surface area contributed by atoms with E-state index in [-0.39, 0.29) is 12.1 Å². The van der Waals surface area contributed by atoms with Gasteiger partial charge in [-0.2, -0.15) is 0 Å². The summed E-state index contributed by atoms with van der Waals surface area (Å²) in [6, 6.07) is 12.7. The van der Waals surface area contributed by atoms with Gasteiger partial charge in [-0.3, -0.25) is 0 Å². The van der Waals surface area contributed by atoms with Crippen LogP contribution in [0.2, 0.25) is 0 Å². The molecule has 3 rings (SSSR count). The molecule has 1 aromatic carbocycles. The van der Waals surface area contributed by atoms with Gasteiger partial charge in [0.2, 0.25) is 0 Å². The third kappa shape index (κ3) is 2.65. The van der Waals surface area contributed by atoms with Gasteiger partial charge >= 0.3 is 0 Å². The maximum absolute atomic E-state index is 6.45. The first-order valence-corrected chi connectivity index (χ1v) is 8.67. The number of aryl methyl sites for hydroxylation is 1. The molecule has 0 amide bonds. The highest BCUT2D eigenvalue weighted by Crippen LogP contribution is 2.34. The smallest absolute Gasteiger partial charge is 0.107 e. The van der Waals surface area contributed by atoms with Crippen LogP contribution in [0.4, 0.5) is 0 Å². The van der Waals surface area contributed by atoms with E-state index in [2.05, 4.69) is 69.7 Å². The van der Waals surface area contributed by atoms with Crippen molar-refractivity contribution in [2.45, 2.75) is 32.4 Å². The van der Waals surface area contributed by atoms with Crippen LogP contribution in [-0.4, -0.2) is 15.6 Å². The number of imidazole rings is 1. The number of nitrogens with zero attached hydrogens (tertiary/aromatic N) is 2. The highest BCUT2D eigenvalue weighted by atomic mass is 79.9. The first-order valence-electron chi connectivity index (χ1n) is 7.06. The molecule has 2 unspecified atom stereocenters. The number of benzene rings is 1. The fourth-order valence-electron chi connectivity index (χ4n) is 2.76. The summed E-state index contributed by atoms with van der Waals surface area (Å²) in [5.41, 5.74) is 8.63. The Bertz CT molecular complexity index is 762. The third-order valence-electron chi connectivity index (χ3n) is 3.81. The lowest BCUT2D eigenvalue weighted by Crippen LogP contribution is -2.32. The Balaban J connectivity index is 2.21. The van der Waals surface area contributed by atoms with E-state index in [0.717, 1.165) is 27.1 Å². The van der Waals surface area contributed by atoms with Crippen LogP contribution < -0.4 is 5.73 Å². The summed E-state index contributed by atoms with van der Waals surface area (Å²) >= 11 is 5.30. The molecule has 0 aliphatic rings.